The second-order valence-corrected chi connectivity index (χ2v) is 10.3. The second-order valence-electron chi connectivity index (χ2n) is 10.3. The lowest BCUT2D eigenvalue weighted by Gasteiger charge is -2.39. The number of fused-ring (bicyclic) bond motifs is 1. The van der Waals surface area contributed by atoms with Gasteiger partial charge in [0.15, 0.2) is 11.8 Å². The van der Waals surface area contributed by atoms with Gasteiger partial charge in [0, 0.05) is 49.4 Å². The summed E-state index contributed by atoms with van der Waals surface area (Å²) in [4.78, 5) is 39.9. The van der Waals surface area contributed by atoms with Crippen LogP contribution in [0.4, 0.5) is 18.9 Å². The number of aliphatic hydroxyl groups is 2. The Kier molecular flexibility index (Phi) is 7.12. The van der Waals surface area contributed by atoms with Crippen molar-refractivity contribution in [3.05, 3.63) is 64.7 Å². The number of hydrogen-bond acceptors (Lipinski definition) is 7. The summed E-state index contributed by atoms with van der Waals surface area (Å²) >= 11 is 0. The molecule has 0 saturated carbocycles. The van der Waals surface area contributed by atoms with Crippen LogP contribution in [0.25, 0.3) is 0 Å². The largest absolute Gasteiger partial charge is 0.417 e. The van der Waals surface area contributed by atoms with Gasteiger partial charge in [-0.2, -0.15) is 13.2 Å². The Morgan fingerprint density at radius 3 is 2.33 bits per heavy atom. The van der Waals surface area contributed by atoms with Crippen molar-refractivity contribution in [2.45, 2.75) is 62.8 Å². The van der Waals surface area contributed by atoms with Gasteiger partial charge in [0.25, 0.3) is 5.91 Å². The third kappa shape index (κ3) is 5.23. The van der Waals surface area contributed by atoms with Gasteiger partial charge in [-0.1, -0.05) is 30.3 Å². The Morgan fingerprint density at radius 1 is 1.03 bits per heavy atom. The maximum absolute atomic E-state index is 13.0. The molecule has 2 aromatic carbocycles. The molecular formula is C27H29F3N4O5. The molecule has 39 heavy (non-hydrogen) atoms. The highest BCUT2D eigenvalue weighted by Gasteiger charge is 2.54. The van der Waals surface area contributed by atoms with Crippen LogP contribution in [0.5, 0.6) is 0 Å². The van der Waals surface area contributed by atoms with Crippen LogP contribution in [0.1, 0.15) is 59.0 Å². The van der Waals surface area contributed by atoms with Gasteiger partial charge in [0.1, 0.15) is 6.04 Å². The zero-order chi connectivity index (χ0) is 27.9. The van der Waals surface area contributed by atoms with Gasteiger partial charge in [-0.05, 0) is 42.5 Å². The fraction of sp³-hybridized carbons (Fsp3) is 0.444. The van der Waals surface area contributed by atoms with Crippen molar-refractivity contribution in [3.8, 4) is 0 Å². The Bertz CT molecular complexity index is 1280. The van der Waals surface area contributed by atoms with Gasteiger partial charge in [0.05, 0.1) is 0 Å². The number of amides is 3. The molecule has 5 rings (SSSR count). The number of anilines is 1. The van der Waals surface area contributed by atoms with Crippen LogP contribution >= 0.6 is 0 Å². The maximum Gasteiger partial charge on any atom is 0.417 e. The monoisotopic (exact) mass is 546 g/mol. The molecule has 2 unspecified atom stereocenters. The summed E-state index contributed by atoms with van der Waals surface area (Å²) in [5.41, 5.74) is 0.408. The van der Waals surface area contributed by atoms with E-state index in [9.17, 15) is 37.8 Å². The summed E-state index contributed by atoms with van der Waals surface area (Å²) < 4.78 is 39.1. The molecule has 3 heterocycles. The number of imide groups is 1. The van der Waals surface area contributed by atoms with E-state index in [1.165, 1.54) is 0 Å². The molecule has 0 aliphatic carbocycles. The molecule has 3 amide bonds. The summed E-state index contributed by atoms with van der Waals surface area (Å²) in [5, 5.41) is 26.3. The Hall–Kier alpha value is -3.48. The molecule has 2 saturated heterocycles. The van der Waals surface area contributed by atoms with Gasteiger partial charge in [-0.25, -0.2) is 0 Å². The van der Waals surface area contributed by atoms with Crippen LogP contribution in [0.3, 0.4) is 0 Å². The van der Waals surface area contributed by atoms with Crippen LogP contribution in [0.15, 0.2) is 42.5 Å². The highest BCUT2D eigenvalue weighted by molar-refractivity contribution is 6.06. The SMILES string of the molecule is O=C1CCC(N2C(=O)c3cccc(NCc4ccc(CN5CCC(O)(C(F)(F)F)CC5)cc4)c3C2O)C(=O)N1. The van der Waals surface area contributed by atoms with Gasteiger partial charge >= 0.3 is 6.18 Å². The smallest absolute Gasteiger partial charge is 0.381 e. The van der Waals surface area contributed by atoms with Crippen molar-refractivity contribution in [2.24, 2.45) is 0 Å². The predicted octanol–water partition coefficient (Wildman–Crippen LogP) is 2.44. The quantitative estimate of drug-likeness (QED) is 0.411. The van der Waals surface area contributed by atoms with Gasteiger partial charge in [-0.3, -0.25) is 29.5 Å². The minimum atomic E-state index is -4.63. The zero-order valence-electron chi connectivity index (χ0n) is 21.0. The molecule has 0 spiro atoms. The minimum absolute atomic E-state index is 0.0812. The number of halogens is 3. The number of benzene rings is 2. The number of likely N-dealkylation sites (tertiary alicyclic amines) is 1. The summed E-state index contributed by atoms with van der Waals surface area (Å²) in [6.07, 6.45) is -6.46. The molecule has 2 aromatic rings. The summed E-state index contributed by atoms with van der Waals surface area (Å²) in [6, 6.07) is 11.6. The molecule has 2 fully saturated rings. The lowest BCUT2D eigenvalue weighted by atomic mass is 9.90. The van der Waals surface area contributed by atoms with E-state index < -0.39 is 41.8 Å². The average Bonchev–Trinajstić information content (AvgIpc) is 3.15. The van der Waals surface area contributed by atoms with E-state index in [4.69, 9.17) is 0 Å². The number of hydrogen-bond donors (Lipinski definition) is 4. The first-order chi connectivity index (χ1) is 18.5. The maximum atomic E-state index is 13.0. The van der Waals surface area contributed by atoms with Crippen molar-refractivity contribution in [1.29, 1.82) is 0 Å². The van der Waals surface area contributed by atoms with Crippen LogP contribution in [-0.4, -0.2) is 68.6 Å². The standard InChI is InChI=1S/C27H29F3N4O5/c28-27(29,30)26(39)10-12-33(13-11-26)15-17-6-4-16(5-7-17)14-31-19-3-1-2-18-22(19)25(38)34(24(18)37)20-8-9-21(35)32-23(20)36/h1-7,20,25,31,38-39H,8-15H2,(H,32,35,36). The molecule has 3 aliphatic rings. The highest BCUT2D eigenvalue weighted by Crippen LogP contribution is 2.40. The van der Waals surface area contributed by atoms with Crippen LogP contribution in [0, 0.1) is 0 Å². The van der Waals surface area contributed by atoms with E-state index >= 15 is 0 Å². The average molecular weight is 547 g/mol. The van der Waals surface area contributed by atoms with Crippen molar-refractivity contribution in [3.63, 3.8) is 0 Å². The number of aliphatic hydroxyl groups excluding tert-OH is 1. The van der Waals surface area contributed by atoms with Crippen molar-refractivity contribution >= 4 is 23.4 Å². The number of alkyl halides is 3. The first kappa shape index (κ1) is 27.1. The first-order valence-corrected chi connectivity index (χ1v) is 12.8. The van der Waals surface area contributed by atoms with Crippen molar-refractivity contribution in [2.75, 3.05) is 18.4 Å². The number of piperidine rings is 2. The third-order valence-corrected chi connectivity index (χ3v) is 7.76. The number of nitrogens with zero attached hydrogens (tertiary/aromatic N) is 2. The van der Waals surface area contributed by atoms with E-state index in [-0.39, 0.29) is 44.3 Å². The van der Waals surface area contributed by atoms with Gasteiger partial charge < -0.3 is 15.5 Å². The number of carbonyl (C=O) groups is 3. The summed E-state index contributed by atoms with van der Waals surface area (Å²) in [5.74, 6) is -1.50. The predicted molar refractivity (Wildman–Crippen MR) is 133 cm³/mol. The molecule has 4 N–H and O–H groups in total. The molecule has 208 valence electrons. The Labute approximate surface area is 222 Å². The number of rotatable bonds is 6. The van der Waals surface area contributed by atoms with Crippen LogP contribution in [-0.2, 0) is 22.7 Å². The van der Waals surface area contributed by atoms with E-state index in [2.05, 4.69) is 10.6 Å². The fourth-order valence-corrected chi connectivity index (χ4v) is 5.42. The molecule has 0 aromatic heterocycles. The van der Waals surface area contributed by atoms with E-state index in [0.717, 1.165) is 16.0 Å². The minimum Gasteiger partial charge on any atom is -0.381 e. The fourth-order valence-electron chi connectivity index (χ4n) is 5.42. The van der Waals surface area contributed by atoms with Gasteiger partial charge in [0.2, 0.25) is 11.8 Å². The zero-order valence-corrected chi connectivity index (χ0v) is 21.0. The molecule has 12 heteroatoms. The Morgan fingerprint density at radius 2 is 1.69 bits per heavy atom. The molecule has 2 atom stereocenters. The topological polar surface area (TPSA) is 122 Å². The molecule has 3 aliphatic heterocycles. The molecule has 0 radical (unpaired) electrons. The van der Waals surface area contributed by atoms with Crippen molar-refractivity contribution < 1.29 is 37.8 Å². The first-order valence-electron chi connectivity index (χ1n) is 12.8. The third-order valence-electron chi connectivity index (χ3n) is 7.76. The summed E-state index contributed by atoms with van der Waals surface area (Å²) in [7, 11) is 0. The molecular weight excluding hydrogens is 517 g/mol. The molecule has 9 nitrogen and oxygen atoms in total. The van der Waals surface area contributed by atoms with Crippen LogP contribution < -0.4 is 10.6 Å². The number of carbonyl (C=O) groups excluding carboxylic acids is 3. The Balaban J connectivity index is 1.20. The van der Waals surface area contributed by atoms with E-state index in [1.807, 2.05) is 29.2 Å². The highest BCUT2D eigenvalue weighted by atomic mass is 19.4. The van der Waals surface area contributed by atoms with Crippen LogP contribution in [0.2, 0.25) is 0 Å². The summed E-state index contributed by atoms with van der Waals surface area (Å²) in [6.45, 7) is 1.14. The number of nitrogens with one attached hydrogen (secondary N) is 2. The van der Waals surface area contributed by atoms with E-state index in [0.29, 0.717) is 24.3 Å². The lowest BCUT2D eigenvalue weighted by Crippen LogP contribution is -2.53. The normalized spacial score (nSPS) is 23.5. The lowest BCUT2D eigenvalue weighted by molar-refractivity contribution is -0.272. The van der Waals surface area contributed by atoms with E-state index in [1.54, 1.807) is 18.2 Å². The van der Waals surface area contributed by atoms with Gasteiger partial charge in [-0.15, -0.1) is 0 Å². The second kappa shape index (κ2) is 10.2. The molecule has 0 bridgehead atoms. The van der Waals surface area contributed by atoms with Crippen molar-refractivity contribution in [1.82, 2.24) is 15.1 Å².